The van der Waals surface area contributed by atoms with Gasteiger partial charge >= 0.3 is 0 Å². The normalized spacial score (nSPS) is 11.8. The van der Waals surface area contributed by atoms with Crippen molar-refractivity contribution in [1.29, 1.82) is 0 Å². The first kappa shape index (κ1) is 17.9. The number of carbonyl (C=O) groups is 1. The average molecular weight is 399 g/mol. The van der Waals surface area contributed by atoms with Gasteiger partial charge in [0.2, 0.25) is 6.79 Å². The number of benzene rings is 2. The molecule has 0 aliphatic carbocycles. The Morgan fingerprint density at radius 2 is 1.93 bits per heavy atom. The fraction of sp³-hybridized carbons (Fsp3) is 0.105. The lowest BCUT2D eigenvalue weighted by Crippen LogP contribution is -2.15. The number of methoxy groups -OCH3 is 1. The minimum atomic E-state index is -0.428. The van der Waals surface area contributed by atoms with Crippen LogP contribution in [0.5, 0.6) is 17.2 Å². The Bertz CT molecular complexity index is 1030. The van der Waals surface area contributed by atoms with Gasteiger partial charge in [-0.25, -0.2) is 0 Å². The molecule has 0 saturated carbocycles. The van der Waals surface area contributed by atoms with Gasteiger partial charge in [-0.15, -0.1) is 10.2 Å². The lowest BCUT2D eigenvalue weighted by atomic mass is 10.2. The number of amides is 1. The third-order valence-corrected chi connectivity index (χ3v) is 4.19. The quantitative estimate of drug-likeness (QED) is 0.673. The standard InChI is InChI=1S/C19H15ClN4O4/c1-26-15-5-2-11(20)8-14(15)22-19(25)13-4-7-18(24-23-13)21-12-3-6-16-17(9-12)28-10-27-16/h2-9H,10H2,1H3,(H,21,24)(H,22,25). The van der Waals surface area contributed by atoms with Crippen molar-refractivity contribution in [2.75, 3.05) is 24.5 Å². The molecule has 4 rings (SSSR count). The Kier molecular flexibility index (Phi) is 4.86. The molecular formula is C19H15ClN4O4. The topological polar surface area (TPSA) is 94.6 Å². The average Bonchev–Trinajstić information content (AvgIpc) is 3.16. The fourth-order valence-corrected chi connectivity index (χ4v) is 2.78. The molecule has 1 aromatic heterocycles. The van der Waals surface area contributed by atoms with Crippen LogP contribution >= 0.6 is 11.6 Å². The summed E-state index contributed by atoms with van der Waals surface area (Å²) in [5, 5.41) is 14.3. The van der Waals surface area contributed by atoms with Crippen molar-refractivity contribution in [3.63, 3.8) is 0 Å². The predicted molar refractivity (Wildman–Crippen MR) is 104 cm³/mol. The molecule has 142 valence electrons. The monoisotopic (exact) mass is 398 g/mol. The van der Waals surface area contributed by atoms with Crippen molar-refractivity contribution in [3.05, 3.63) is 59.2 Å². The van der Waals surface area contributed by atoms with E-state index in [1.54, 1.807) is 42.5 Å². The van der Waals surface area contributed by atoms with Gasteiger partial charge in [0.05, 0.1) is 12.8 Å². The maximum atomic E-state index is 12.4. The van der Waals surface area contributed by atoms with E-state index >= 15 is 0 Å². The number of nitrogens with one attached hydrogen (secondary N) is 2. The highest BCUT2D eigenvalue weighted by Crippen LogP contribution is 2.35. The first-order valence-corrected chi connectivity index (χ1v) is 8.65. The number of rotatable bonds is 5. The van der Waals surface area contributed by atoms with Crippen LogP contribution in [0.15, 0.2) is 48.5 Å². The third-order valence-electron chi connectivity index (χ3n) is 3.95. The summed E-state index contributed by atoms with van der Waals surface area (Å²) in [6.07, 6.45) is 0. The second-order valence-electron chi connectivity index (χ2n) is 5.80. The van der Waals surface area contributed by atoms with Gasteiger partial charge in [0.25, 0.3) is 5.91 Å². The highest BCUT2D eigenvalue weighted by atomic mass is 35.5. The van der Waals surface area contributed by atoms with Gasteiger partial charge in [0.15, 0.2) is 23.0 Å². The second-order valence-corrected chi connectivity index (χ2v) is 6.23. The number of hydrogen-bond donors (Lipinski definition) is 2. The number of hydrogen-bond acceptors (Lipinski definition) is 7. The summed E-state index contributed by atoms with van der Waals surface area (Å²) in [6, 6.07) is 13.6. The molecule has 0 saturated heterocycles. The zero-order valence-electron chi connectivity index (χ0n) is 14.7. The maximum absolute atomic E-state index is 12.4. The van der Waals surface area contributed by atoms with E-state index < -0.39 is 5.91 Å². The van der Waals surface area contributed by atoms with Crippen LogP contribution in [0.1, 0.15) is 10.5 Å². The van der Waals surface area contributed by atoms with Crippen LogP contribution in [0.2, 0.25) is 5.02 Å². The largest absolute Gasteiger partial charge is 0.495 e. The van der Waals surface area contributed by atoms with Crippen molar-refractivity contribution < 1.29 is 19.0 Å². The van der Waals surface area contributed by atoms with Crippen molar-refractivity contribution >= 4 is 34.7 Å². The molecule has 9 heteroatoms. The molecule has 3 aromatic rings. The summed E-state index contributed by atoms with van der Waals surface area (Å²) in [5.41, 5.74) is 1.36. The fourth-order valence-electron chi connectivity index (χ4n) is 2.61. The van der Waals surface area contributed by atoms with Crippen LogP contribution in [0, 0.1) is 0 Å². The lowest BCUT2D eigenvalue weighted by molar-refractivity contribution is 0.102. The Morgan fingerprint density at radius 3 is 2.71 bits per heavy atom. The molecule has 0 atom stereocenters. The molecule has 28 heavy (non-hydrogen) atoms. The predicted octanol–water partition coefficient (Wildman–Crippen LogP) is 3.86. The van der Waals surface area contributed by atoms with E-state index in [0.717, 1.165) is 5.69 Å². The molecule has 0 bridgehead atoms. The minimum Gasteiger partial charge on any atom is -0.495 e. The van der Waals surface area contributed by atoms with Gasteiger partial charge in [0, 0.05) is 16.8 Å². The van der Waals surface area contributed by atoms with Gasteiger partial charge in [-0.05, 0) is 42.5 Å². The Labute approximate surface area is 165 Å². The summed E-state index contributed by atoms with van der Waals surface area (Å²) in [4.78, 5) is 12.4. The highest BCUT2D eigenvalue weighted by molar-refractivity contribution is 6.31. The van der Waals surface area contributed by atoms with Crippen LogP contribution in [0.4, 0.5) is 17.2 Å². The number of fused-ring (bicyclic) bond motifs is 1. The smallest absolute Gasteiger partial charge is 0.276 e. The van der Waals surface area contributed by atoms with E-state index in [9.17, 15) is 4.79 Å². The highest BCUT2D eigenvalue weighted by Gasteiger charge is 2.15. The zero-order valence-corrected chi connectivity index (χ0v) is 15.5. The van der Waals surface area contributed by atoms with Crippen LogP contribution in [-0.4, -0.2) is 30.0 Å². The van der Waals surface area contributed by atoms with E-state index in [-0.39, 0.29) is 12.5 Å². The van der Waals surface area contributed by atoms with Gasteiger partial charge < -0.3 is 24.8 Å². The number of aromatic nitrogens is 2. The minimum absolute atomic E-state index is 0.151. The van der Waals surface area contributed by atoms with E-state index in [2.05, 4.69) is 20.8 Å². The molecule has 0 fully saturated rings. The van der Waals surface area contributed by atoms with E-state index in [0.29, 0.717) is 33.8 Å². The van der Waals surface area contributed by atoms with Gasteiger partial charge in [0.1, 0.15) is 5.75 Å². The lowest BCUT2D eigenvalue weighted by Gasteiger charge is -2.10. The molecule has 1 aliphatic rings. The molecule has 0 unspecified atom stereocenters. The summed E-state index contributed by atoms with van der Waals surface area (Å²) < 4.78 is 15.8. The summed E-state index contributed by atoms with van der Waals surface area (Å²) >= 11 is 5.98. The number of halogens is 1. The van der Waals surface area contributed by atoms with Crippen molar-refractivity contribution in [2.45, 2.75) is 0 Å². The third kappa shape index (κ3) is 3.77. The number of anilines is 3. The molecule has 8 nitrogen and oxygen atoms in total. The van der Waals surface area contributed by atoms with Crippen molar-refractivity contribution in [3.8, 4) is 17.2 Å². The number of nitrogens with zero attached hydrogens (tertiary/aromatic N) is 2. The van der Waals surface area contributed by atoms with Gasteiger partial charge in [-0.2, -0.15) is 0 Å². The Hall–Kier alpha value is -3.52. The molecule has 1 amide bonds. The van der Waals surface area contributed by atoms with Crippen LogP contribution in [0.25, 0.3) is 0 Å². The SMILES string of the molecule is COc1ccc(Cl)cc1NC(=O)c1ccc(Nc2ccc3c(c2)OCO3)nn1. The van der Waals surface area contributed by atoms with Crippen LogP contribution in [-0.2, 0) is 0 Å². The maximum Gasteiger partial charge on any atom is 0.276 e. The van der Waals surface area contributed by atoms with Crippen LogP contribution in [0.3, 0.4) is 0 Å². The van der Waals surface area contributed by atoms with E-state index in [1.807, 2.05) is 6.07 Å². The molecule has 2 N–H and O–H groups in total. The number of ether oxygens (including phenoxy) is 3. The zero-order chi connectivity index (χ0) is 19.5. The van der Waals surface area contributed by atoms with E-state index in [4.69, 9.17) is 25.8 Å². The molecule has 1 aliphatic heterocycles. The van der Waals surface area contributed by atoms with Crippen molar-refractivity contribution in [1.82, 2.24) is 10.2 Å². The molecule has 2 aromatic carbocycles. The first-order valence-electron chi connectivity index (χ1n) is 8.28. The summed E-state index contributed by atoms with van der Waals surface area (Å²) in [5.74, 6) is 1.90. The van der Waals surface area contributed by atoms with Gasteiger partial charge in [-0.3, -0.25) is 4.79 Å². The van der Waals surface area contributed by atoms with E-state index in [1.165, 1.54) is 7.11 Å². The Balaban J connectivity index is 1.46. The molecule has 0 radical (unpaired) electrons. The number of carbonyl (C=O) groups excluding carboxylic acids is 1. The molecular weight excluding hydrogens is 384 g/mol. The van der Waals surface area contributed by atoms with Crippen molar-refractivity contribution in [2.24, 2.45) is 0 Å². The summed E-state index contributed by atoms with van der Waals surface area (Å²) in [6.45, 7) is 0.208. The Morgan fingerprint density at radius 1 is 1.07 bits per heavy atom. The first-order chi connectivity index (χ1) is 13.6. The van der Waals surface area contributed by atoms with Gasteiger partial charge in [-0.1, -0.05) is 11.6 Å². The van der Waals surface area contributed by atoms with Crippen LogP contribution < -0.4 is 24.8 Å². The second kappa shape index (κ2) is 7.61. The molecule has 2 heterocycles. The summed E-state index contributed by atoms with van der Waals surface area (Å²) in [7, 11) is 1.51. The molecule has 0 spiro atoms.